The summed E-state index contributed by atoms with van der Waals surface area (Å²) in [5, 5.41) is 12.6. The van der Waals surface area contributed by atoms with Gasteiger partial charge in [-0.15, -0.1) is 0 Å². The zero-order chi connectivity index (χ0) is 32.2. The van der Waals surface area contributed by atoms with E-state index in [1.165, 1.54) is 32.1 Å². The maximum atomic E-state index is 13.6. The van der Waals surface area contributed by atoms with Crippen molar-refractivity contribution in [2.75, 3.05) is 18.6 Å². The molecule has 242 valence electrons. The SMILES string of the molecule is CSCC[C@H](NC(=O)c1ccc(CN(C(C)C)[C@@H](COc2ccccc2)CC2CCCCC2)cc1-c1ccccc1C)C(=O)O. The zero-order valence-corrected chi connectivity index (χ0v) is 28.2. The van der Waals surface area contributed by atoms with Crippen molar-refractivity contribution in [2.24, 2.45) is 5.92 Å². The van der Waals surface area contributed by atoms with Crippen LogP contribution in [0.5, 0.6) is 5.75 Å². The number of aryl methyl sites for hydroxylation is 1. The molecular weight excluding hydrogens is 580 g/mol. The first-order valence-corrected chi connectivity index (χ1v) is 17.8. The molecule has 1 amide bonds. The average molecular weight is 631 g/mol. The summed E-state index contributed by atoms with van der Waals surface area (Å²) >= 11 is 1.57. The number of carboxylic acids is 1. The van der Waals surface area contributed by atoms with Crippen LogP contribution in [0.15, 0.2) is 72.8 Å². The van der Waals surface area contributed by atoms with Crippen molar-refractivity contribution in [3.05, 3.63) is 89.5 Å². The van der Waals surface area contributed by atoms with Gasteiger partial charge in [-0.05, 0) is 98.1 Å². The molecule has 0 aliphatic heterocycles. The van der Waals surface area contributed by atoms with Crippen LogP contribution in [-0.2, 0) is 11.3 Å². The summed E-state index contributed by atoms with van der Waals surface area (Å²) in [5.41, 5.74) is 4.47. The third-order valence-corrected chi connectivity index (χ3v) is 9.64. The number of carbonyl (C=O) groups is 2. The Balaban J connectivity index is 1.65. The second kappa shape index (κ2) is 17.4. The minimum absolute atomic E-state index is 0.242. The van der Waals surface area contributed by atoms with Crippen molar-refractivity contribution < 1.29 is 19.4 Å². The number of carbonyl (C=O) groups excluding carboxylic acids is 1. The van der Waals surface area contributed by atoms with Crippen LogP contribution in [0.2, 0.25) is 0 Å². The number of rotatable bonds is 16. The summed E-state index contributed by atoms with van der Waals surface area (Å²) in [6.45, 7) is 7.89. The molecule has 0 spiro atoms. The average Bonchev–Trinajstić information content (AvgIpc) is 3.04. The van der Waals surface area contributed by atoms with Gasteiger partial charge in [-0.1, -0.05) is 80.6 Å². The Hall–Kier alpha value is -3.29. The Bertz CT molecular complexity index is 1370. The number of ether oxygens (including phenoxy) is 1. The maximum absolute atomic E-state index is 13.6. The highest BCUT2D eigenvalue weighted by Crippen LogP contribution is 2.32. The highest BCUT2D eigenvalue weighted by atomic mass is 32.2. The smallest absolute Gasteiger partial charge is 0.326 e. The van der Waals surface area contributed by atoms with Gasteiger partial charge in [-0.25, -0.2) is 4.79 Å². The van der Waals surface area contributed by atoms with Gasteiger partial charge in [0, 0.05) is 24.2 Å². The van der Waals surface area contributed by atoms with Gasteiger partial charge < -0.3 is 15.2 Å². The number of para-hydroxylation sites is 1. The summed E-state index contributed by atoms with van der Waals surface area (Å²) in [7, 11) is 0. The number of amides is 1. The molecule has 3 aromatic rings. The standard InChI is InChI=1S/C38H50N2O4S/c1-27(2)40(31(23-29-14-7-5-8-15-29)26-44-32-16-9-6-10-17-32)25-30-19-20-34(35(24-30)33-18-12-11-13-28(33)3)37(41)39-36(38(42)43)21-22-45-4/h6,9-13,16-20,24,27,29,31,36H,5,7-8,14-15,21-23,25-26H2,1-4H3,(H,39,41)(H,42,43)/t31-,36+/m1/s1. The van der Waals surface area contributed by atoms with Crippen LogP contribution in [0.3, 0.4) is 0 Å². The molecule has 0 unspecified atom stereocenters. The van der Waals surface area contributed by atoms with Crippen molar-refractivity contribution in [3.63, 3.8) is 0 Å². The minimum Gasteiger partial charge on any atom is -0.492 e. The van der Waals surface area contributed by atoms with Gasteiger partial charge >= 0.3 is 5.97 Å². The van der Waals surface area contributed by atoms with E-state index in [-0.39, 0.29) is 18.0 Å². The van der Waals surface area contributed by atoms with Crippen LogP contribution in [0, 0.1) is 12.8 Å². The van der Waals surface area contributed by atoms with Gasteiger partial charge in [0.25, 0.3) is 5.91 Å². The summed E-state index contributed by atoms with van der Waals surface area (Å²) in [6.07, 6.45) is 9.92. The normalized spacial score (nSPS) is 15.2. The molecule has 0 bridgehead atoms. The molecule has 4 rings (SSSR count). The van der Waals surface area contributed by atoms with E-state index in [1.54, 1.807) is 11.8 Å². The quantitative estimate of drug-likeness (QED) is 0.166. The van der Waals surface area contributed by atoms with Crippen LogP contribution in [0.4, 0.5) is 0 Å². The molecule has 0 heterocycles. The fraction of sp³-hybridized carbons (Fsp3) is 0.474. The van der Waals surface area contributed by atoms with E-state index in [0.29, 0.717) is 30.3 Å². The lowest BCUT2D eigenvalue weighted by Gasteiger charge is -2.38. The Morgan fingerprint density at radius 3 is 2.36 bits per heavy atom. The molecule has 0 radical (unpaired) electrons. The first-order chi connectivity index (χ1) is 21.8. The van der Waals surface area contributed by atoms with Crippen LogP contribution < -0.4 is 10.1 Å². The van der Waals surface area contributed by atoms with Crippen molar-refractivity contribution in [2.45, 2.75) is 90.4 Å². The van der Waals surface area contributed by atoms with Crippen molar-refractivity contribution >= 4 is 23.6 Å². The fourth-order valence-electron chi connectivity index (χ4n) is 6.47. The van der Waals surface area contributed by atoms with Crippen molar-refractivity contribution in [3.8, 4) is 16.9 Å². The lowest BCUT2D eigenvalue weighted by atomic mass is 9.84. The van der Waals surface area contributed by atoms with E-state index in [0.717, 1.165) is 41.0 Å². The summed E-state index contributed by atoms with van der Waals surface area (Å²) in [5.74, 6) is 0.874. The van der Waals surface area contributed by atoms with Crippen LogP contribution in [0.25, 0.3) is 11.1 Å². The highest BCUT2D eigenvalue weighted by Gasteiger charge is 2.28. The van der Waals surface area contributed by atoms with Gasteiger partial charge in [0.1, 0.15) is 18.4 Å². The number of nitrogens with zero attached hydrogens (tertiary/aromatic N) is 1. The Kier molecular flexibility index (Phi) is 13.4. The number of thioether (sulfide) groups is 1. The van der Waals surface area contributed by atoms with E-state index in [4.69, 9.17) is 4.74 Å². The number of hydrogen-bond donors (Lipinski definition) is 2. The summed E-state index contributed by atoms with van der Waals surface area (Å²) < 4.78 is 6.38. The van der Waals surface area contributed by atoms with Gasteiger partial charge in [0.15, 0.2) is 0 Å². The largest absolute Gasteiger partial charge is 0.492 e. The summed E-state index contributed by atoms with van der Waals surface area (Å²) in [6, 6.07) is 23.7. The number of aliphatic carboxylic acids is 1. The summed E-state index contributed by atoms with van der Waals surface area (Å²) in [4.78, 5) is 28.1. The number of nitrogens with one attached hydrogen (secondary N) is 1. The Labute approximate surface area is 274 Å². The molecule has 7 heteroatoms. The first kappa shape index (κ1) is 34.6. The molecular formula is C38H50N2O4S. The third kappa shape index (κ3) is 10.1. The zero-order valence-electron chi connectivity index (χ0n) is 27.3. The molecule has 1 saturated carbocycles. The fourth-order valence-corrected chi connectivity index (χ4v) is 6.95. The second-order valence-electron chi connectivity index (χ2n) is 12.6. The number of benzene rings is 3. The van der Waals surface area contributed by atoms with Crippen LogP contribution in [0.1, 0.15) is 80.3 Å². The molecule has 1 fully saturated rings. The van der Waals surface area contributed by atoms with Gasteiger partial charge in [0.05, 0.1) is 0 Å². The minimum atomic E-state index is -1.01. The van der Waals surface area contributed by atoms with E-state index in [1.807, 2.05) is 79.9 Å². The van der Waals surface area contributed by atoms with Crippen LogP contribution >= 0.6 is 11.8 Å². The first-order valence-electron chi connectivity index (χ1n) is 16.4. The lowest BCUT2D eigenvalue weighted by molar-refractivity contribution is -0.139. The van der Waals surface area contributed by atoms with Gasteiger partial charge in [-0.2, -0.15) is 11.8 Å². The molecule has 1 aliphatic rings. The van der Waals surface area contributed by atoms with Gasteiger partial charge in [0.2, 0.25) is 0 Å². The highest BCUT2D eigenvalue weighted by molar-refractivity contribution is 7.98. The third-order valence-electron chi connectivity index (χ3n) is 8.99. The maximum Gasteiger partial charge on any atom is 0.326 e. The molecule has 0 aromatic heterocycles. The molecule has 2 N–H and O–H groups in total. The predicted octanol–water partition coefficient (Wildman–Crippen LogP) is 8.23. The number of hydrogen-bond acceptors (Lipinski definition) is 5. The van der Waals surface area contributed by atoms with E-state index >= 15 is 0 Å². The Morgan fingerprint density at radius 1 is 0.978 bits per heavy atom. The Morgan fingerprint density at radius 2 is 1.69 bits per heavy atom. The predicted molar refractivity (Wildman–Crippen MR) is 186 cm³/mol. The molecule has 1 aliphatic carbocycles. The topological polar surface area (TPSA) is 78.9 Å². The van der Waals surface area contributed by atoms with Crippen LogP contribution in [-0.4, -0.2) is 58.6 Å². The molecule has 0 saturated heterocycles. The second-order valence-corrected chi connectivity index (χ2v) is 13.6. The number of carboxylic acid groups (broad SMARTS) is 1. The molecule has 3 aromatic carbocycles. The van der Waals surface area contributed by atoms with Gasteiger partial charge in [-0.3, -0.25) is 9.69 Å². The molecule has 2 atom stereocenters. The van der Waals surface area contributed by atoms with E-state index < -0.39 is 12.0 Å². The molecule has 6 nitrogen and oxygen atoms in total. The van der Waals surface area contributed by atoms with E-state index in [2.05, 4.69) is 30.1 Å². The van der Waals surface area contributed by atoms with E-state index in [9.17, 15) is 14.7 Å². The van der Waals surface area contributed by atoms with Crippen molar-refractivity contribution in [1.82, 2.24) is 10.2 Å². The molecule has 45 heavy (non-hydrogen) atoms. The lowest BCUT2D eigenvalue weighted by Crippen LogP contribution is -2.44. The van der Waals surface area contributed by atoms with Crippen molar-refractivity contribution in [1.29, 1.82) is 0 Å². The monoisotopic (exact) mass is 630 g/mol.